The van der Waals surface area contributed by atoms with E-state index in [0.29, 0.717) is 42.6 Å². The number of carbonyl (C=O) groups excluding carboxylic acids is 1. The molecule has 0 radical (unpaired) electrons. The van der Waals surface area contributed by atoms with E-state index < -0.39 is 0 Å². The zero-order valence-electron chi connectivity index (χ0n) is 15.4. The van der Waals surface area contributed by atoms with Crippen molar-refractivity contribution in [1.82, 2.24) is 15.5 Å². The fourth-order valence-corrected chi connectivity index (χ4v) is 2.26. The molecule has 1 heterocycles. The van der Waals surface area contributed by atoms with Gasteiger partial charge in [-0.3, -0.25) is 4.79 Å². The Labute approximate surface area is 147 Å². The second kappa shape index (κ2) is 8.00. The van der Waals surface area contributed by atoms with Crippen LogP contribution >= 0.6 is 0 Å². The zero-order valence-corrected chi connectivity index (χ0v) is 15.4. The molecule has 1 aromatic carbocycles. The summed E-state index contributed by atoms with van der Waals surface area (Å²) in [5.41, 5.74) is 0.704. The van der Waals surface area contributed by atoms with Gasteiger partial charge in [0.25, 0.3) is 0 Å². The highest BCUT2D eigenvalue weighted by atomic mass is 16.5. The number of methoxy groups -OCH3 is 2. The van der Waals surface area contributed by atoms with Crippen LogP contribution in [-0.4, -0.2) is 36.8 Å². The summed E-state index contributed by atoms with van der Waals surface area (Å²) in [6, 6.07) is 5.39. The SMILES string of the molecule is COc1cc(OC)cc(-c2noc(CCNC(=O)CC(C)(C)C)n2)c1. The van der Waals surface area contributed by atoms with E-state index in [1.807, 2.05) is 32.9 Å². The number of nitrogens with zero attached hydrogens (tertiary/aromatic N) is 2. The van der Waals surface area contributed by atoms with Crippen molar-refractivity contribution in [2.75, 3.05) is 20.8 Å². The van der Waals surface area contributed by atoms with Crippen LogP contribution in [0.25, 0.3) is 11.4 Å². The molecule has 136 valence electrons. The third-order valence-corrected chi connectivity index (χ3v) is 3.43. The molecule has 0 aliphatic heterocycles. The van der Waals surface area contributed by atoms with Crippen LogP contribution in [0.4, 0.5) is 0 Å². The molecule has 0 bridgehead atoms. The minimum absolute atomic E-state index is 0.0183. The molecule has 2 rings (SSSR count). The molecule has 2 aromatic rings. The Kier molecular flexibility index (Phi) is 6.01. The number of carbonyl (C=O) groups is 1. The molecule has 0 aliphatic carbocycles. The first kappa shape index (κ1) is 18.8. The van der Waals surface area contributed by atoms with Crippen LogP contribution in [0.5, 0.6) is 11.5 Å². The fourth-order valence-electron chi connectivity index (χ4n) is 2.26. The molecule has 0 saturated heterocycles. The quantitative estimate of drug-likeness (QED) is 0.829. The van der Waals surface area contributed by atoms with Crippen LogP contribution in [-0.2, 0) is 11.2 Å². The van der Waals surface area contributed by atoms with Crippen molar-refractivity contribution in [2.45, 2.75) is 33.6 Å². The van der Waals surface area contributed by atoms with E-state index in [1.165, 1.54) is 0 Å². The lowest BCUT2D eigenvalue weighted by Crippen LogP contribution is -2.29. The molecule has 0 fully saturated rings. The first-order valence-corrected chi connectivity index (χ1v) is 8.13. The third-order valence-electron chi connectivity index (χ3n) is 3.43. The first-order valence-electron chi connectivity index (χ1n) is 8.13. The van der Waals surface area contributed by atoms with Crippen LogP contribution in [0.2, 0.25) is 0 Å². The molecule has 7 nitrogen and oxygen atoms in total. The van der Waals surface area contributed by atoms with E-state index >= 15 is 0 Å². The summed E-state index contributed by atoms with van der Waals surface area (Å²) in [7, 11) is 3.17. The van der Waals surface area contributed by atoms with Crippen molar-refractivity contribution in [2.24, 2.45) is 5.41 Å². The van der Waals surface area contributed by atoms with Gasteiger partial charge in [0, 0.05) is 31.0 Å². The lowest BCUT2D eigenvalue weighted by molar-refractivity contribution is -0.122. The Bertz CT molecular complexity index is 697. The van der Waals surface area contributed by atoms with E-state index in [0.717, 1.165) is 5.56 Å². The van der Waals surface area contributed by atoms with Gasteiger partial charge in [0.2, 0.25) is 17.6 Å². The minimum Gasteiger partial charge on any atom is -0.497 e. The highest BCUT2D eigenvalue weighted by Gasteiger charge is 2.16. The van der Waals surface area contributed by atoms with Crippen molar-refractivity contribution in [3.05, 3.63) is 24.1 Å². The summed E-state index contributed by atoms with van der Waals surface area (Å²) < 4.78 is 15.7. The Morgan fingerprint density at radius 3 is 2.36 bits per heavy atom. The predicted octanol–water partition coefficient (Wildman–Crippen LogP) is 2.85. The number of benzene rings is 1. The Morgan fingerprint density at radius 1 is 1.16 bits per heavy atom. The second-order valence-corrected chi connectivity index (χ2v) is 6.95. The number of ether oxygens (including phenoxy) is 2. The van der Waals surface area contributed by atoms with Crippen LogP contribution < -0.4 is 14.8 Å². The average Bonchev–Trinajstić information content (AvgIpc) is 3.01. The number of hydrogen-bond acceptors (Lipinski definition) is 6. The fraction of sp³-hybridized carbons (Fsp3) is 0.500. The van der Waals surface area contributed by atoms with E-state index in [1.54, 1.807) is 20.3 Å². The summed E-state index contributed by atoms with van der Waals surface area (Å²) in [5, 5.41) is 6.85. The Morgan fingerprint density at radius 2 is 1.80 bits per heavy atom. The number of nitrogens with one attached hydrogen (secondary N) is 1. The predicted molar refractivity (Wildman–Crippen MR) is 93.6 cm³/mol. The highest BCUT2D eigenvalue weighted by molar-refractivity contribution is 5.76. The van der Waals surface area contributed by atoms with Gasteiger partial charge in [-0.05, 0) is 17.5 Å². The lowest BCUT2D eigenvalue weighted by Gasteiger charge is -2.16. The second-order valence-electron chi connectivity index (χ2n) is 6.95. The summed E-state index contributed by atoms with van der Waals surface area (Å²) in [4.78, 5) is 16.2. The van der Waals surface area contributed by atoms with Gasteiger partial charge in [0.1, 0.15) is 11.5 Å². The van der Waals surface area contributed by atoms with Gasteiger partial charge < -0.3 is 19.3 Å². The zero-order chi connectivity index (χ0) is 18.4. The lowest BCUT2D eigenvalue weighted by atomic mass is 9.92. The highest BCUT2D eigenvalue weighted by Crippen LogP contribution is 2.28. The minimum atomic E-state index is -0.0346. The van der Waals surface area contributed by atoms with Gasteiger partial charge in [-0.2, -0.15) is 4.98 Å². The maximum atomic E-state index is 11.8. The van der Waals surface area contributed by atoms with Crippen LogP contribution in [0.15, 0.2) is 22.7 Å². The first-order chi connectivity index (χ1) is 11.8. The van der Waals surface area contributed by atoms with E-state index in [2.05, 4.69) is 15.5 Å². The average molecular weight is 347 g/mol. The maximum Gasteiger partial charge on any atom is 0.228 e. The molecule has 0 atom stereocenters. The Balaban J connectivity index is 1.97. The number of hydrogen-bond donors (Lipinski definition) is 1. The number of aromatic nitrogens is 2. The van der Waals surface area contributed by atoms with Gasteiger partial charge in [-0.1, -0.05) is 25.9 Å². The molecule has 1 amide bonds. The molecule has 7 heteroatoms. The van der Waals surface area contributed by atoms with Gasteiger partial charge >= 0.3 is 0 Å². The summed E-state index contributed by atoms with van der Waals surface area (Å²) >= 11 is 0. The van der Waals surface area contributed by atoms with Crippen molar-refractivity contribution < 1.29 is 18.8 Å². The normalized spacial score (nSPS) is 11.2. The van der Waals surface area contributed by atoms with E-state index in [9.17, 15) is 4.79 Å². The molecule has 0 aliphatic rings. The summed E-state index contributed by atoms with van der Waals surface area (Å²) in [5.74, 6) is 2.23. The van der Waals surface area contributed by atoms with E-state index in [-0.39, 0.29) is 11.3 Å². The largest absolute Gasteiger partial charge is 0.497 e. The van der Waals surface area contributed by atoms with E-state index in [4.69, 9.17) is 14.0 Å². The van der Waals surface area contributed by atoms with Crippen molar-refractivity contribution in [1.29, 1.82) is 0 Å². The van der Waals surface area contributed by atoms with Gasteiger partial charge in [0.15, 0.2) is 0 Å². The van der Waals surface area contributed by atoms with Gasteiger partial charge in [-0.15, -0.1) is 0 Å². The molecular weight excluding hydrogens is 322 g/mol. The van der Waals surface area contributed by atoms with Gasteiger partial charge in [0.05, 0.1) is 14.2 Å². The smallest absolute Gasteiger partial charge is 0.228 e. The summed E-state index contributed by atoms with van der Waals surface area (Å²) in [6.45, 7) is 6.54. The van der Waals surface area contributed by atoms with Crippen molar-refractivity contribution in [3.63, 3.8) is 0 Å². The van der Waals surface area contributed by atoms with Crippen LogP contribution in [0.1, 0.15) is 33.1 Å². The van der Waals surface area contributed by atoms with Crippen molar-refractivity contribution >= 4 is 5.91 Å². The maximum absolute atomic E-state index is 11.8. The standard InChI is InChI=1S/C18H25N3O4/c1-18(2,3)11-15(22)19-7-6-16-20-17(21-25-16)12-8-13(23-4)10-14(9-12)24-5/h8-10H,6-7,11H2,1-5H3,(H,19,22). The molecule has 1 N–H and O–H groups in total. The number of rotatable bonds is 7. The molecule has 0 saturated carbocycles. The van der Waals surface area contributed by atoms with Gasteiger partial charge in [-0.25, -0.2) is 0 Å². The molecular formula is C18H25N3O4. The topological polar surface area (TPSA) is 86.5 Å². The third kappa shape index (κ3) is 5.77. The van der Waals surface area contributed by atoms with Crippen LogP contribution in [0, 0.1) is 5.41 Å². The Hall–Kier alpha value is -2.57. The monoisotopic (exact) mass is 347 g/mol. The number of amides is 1. The molecule has 25 heavy (non-hydrogen) atoms. The molecule has 0 unspecified atom stereocenters. The molecule has 1 aromatic heterocycles. The van der Waals surface area contributed by atoms with Crippen molar-refractivity contribution in [3.8, 4) is 22.9 Å². The summed E-state index contributed by atoms with van der Waals surface area (Å²) in [6.07, 6.45) is 0.954. The van der Waals surface area contributed by atoms with Crippen LogP contribution in [0.3, 0.4) is 0 Å². The molecule has 0 spiro atoms.